The summed E-state index contributed by atoms with van der Waals surface area (Å²) in [6.45, 7) is 0.686. The molecule has 0 aliphatic carbocycles. The van der Waals surface area contributed by atoms with Gasteiger partial charge in [0.15, 0.2) is 17.3 Å². The molecule has 0 unspecified atom stereocenters. The van der Waals surface area contributed by atoms with Crippen molar-refractivity contribution >= 4 is 22.8 Å². The molecule has 0 aliphatic rings. The highest BCUT2D eigenvalue weighted by molar-refractivity contribution is 5.72. The van der Waals surface area contributed by atoms with E-state index in [1.165, 1.54) is 12.3 Å². The van der Waals surface area contributed by atoms with Gasteiger partial charge in [0.1, 0.15) is 5.52 Å². The fourth-order valence-electron chi connectivity index (χ4n) is 2.50. The first-order chi connectivity index (χ1) is 12.0. The number of hydrogen-bond donors (Lipinski definition) is 3. The predicted molar refractivity (Wildman–Crippen MR) is 84.8 cm³/mol. The number of H-pyrrole nitrogens is 1. The number of halogens is 2. The molecule has 134 valence electrons. The lowest BCUT2D eigenvalue weighted by atomic mass is 10.1. The molecule has 0 amide bonds. The molecule has 0 aromatic carbocycles. The van der Waals surface area contributed by atoms with Crippen molar-refractivity contribution < 1.29 is 18.6 Å². The van der Waals surface area contributed by atoms with Crippen molar-refractivity contribution in [3.63, 3.8) is 0 Å². The molecule has 2 atom stereocenters. The molecule has 3 N–H and O–H groups in total. The average molecular weight is 353 g/mol. The van der Waals surface area contributed by atoms with Gasteiger partial charge in [0, 0.05) is 6.07 Å². The zero-order valence-electron chi connectivity index (χ0n) is 13.5. The molecule has 0 radical (unpaired) electrons. The maximum Gasteiger partial charge on any atom is 0.388 e. The third kappa shape index (κ3) is 3.65. The quantitative estimate of drug-likeness (QED) is 0.597. The first-order valence-corrected chi connectivity index (χ1v) is 7.63. The van der Waals surface area contributed by atoms with E-state index in [0.717, 1.165) is 0 Å². The van der Waals surface area contributed by atoms with Gasteiger partial charge >= 0.3 is 6.61 Å². The zero-order chi connectivity index (χ0) is 18.0. The highest BCUT2D eigenvalue weighted by atomic mass is 19.3. The topological polar surface area (TPSA) is 114 Å². The van der Waals surface area contributed by atoms with Crippen molar-refractivity contribution in [2.24, 2.45) is 0 Å². The number of aromatic amines is 1. The molecule has 0 spiro atoms. The minimum atomic E-state index is -2.94. The van der Waals surface area contributed by atoms with Gasteiger partial charge < -0.3 is 15.2 Å². The number of aliphatic hydroxyl groups is 1. The summed E-state index contributed by atoms with van der Waals surface area (Å²) in [5.74, 6) is 0.430. The van der Waals surface area contributed by atoms with E-state index in [-0.39, 0.29) is 17.7 Å². The van der Waals surface area contributed by atoms with E-state index in [1.54, 1.807) is 17.8 Å². The molecule has 3 aromatic heterocycles. The summed E-state index contributed by atoms with van der Waals surface area (Å²) in [5.41, 5.74) is 1.07. The van der Waals surface area contributed by atoms with Gasteiger partial charge in [-0.05, 0) is 13.3 Å². The van der Waals surface area contributed by atoms with Crippen LogP contribution in [0.2, 0.25) is 0 Å². The molecule has 3 aromatic rings. The number of hydrogen-bond acceptors (Lipinski definition) is 7. The number of alkyl halides is 2. The molecular weight excluding hydrogens is 336 g/mol. The summed E-state index contributed by atoms with van der Waals surface area (Å²) >= 11 is 0. The lowest BCUT2D eigenvalue weighted by Gasteiger charge is -2.19. The van der Waals surface area contributed by atoms with Crippen LogP contribution < -0.4 is 10.1 Å². The number of aliphatic hydroxyl groups excluding tert-OH is 1. The summed E-state index contributed by atoms with van der Waals surface area (Å²) in [7, 11) is 0. The Kier molecular flexibility index (Phi) is 4.74. The van der Waals surface area contributed by atoms with Gasteiger partial charge in [-0.15, -0.1) is 0 Å². The van der Waals surface area contributed by atoms with E-state index in [1.807, 2.05) is 6.92 Å². The normalized spacial score (nSPS) is 14.0. The Bertz CT molecular complexity index is 849. The van der Waals surface area contributed by atoms with Crippen LogP contribution in [0.4, 0.5) is 20.4 Å². The summed E-state index contributed by atoms with van der Waals surface area (Å²) in [6, 6.07) is 1.04. The third-order valence-corrected chi connectivity index (χ3v) is 3.62. The fraction of sp³-hybridized carbons (Fsp3) is 0.429. The van der Waals surface area contributed by atoms with Crippen LogP contribution in [0.15, 0.2) is 18.5 Å². The Balaban J connectivity index is 1.86. The Morgan fingerprint density at radius 1 is 1.36 bits per heavy atom. The van der Waals surface area contributed by atoms with Crippen LogP contribution in [0.3, 0.4) is 0 Å². The van der Waals surface area contributed by atoms with Crippen molar-refractivity contribution in [3.05, 3.63) is 18.5 Å². The predicted octanol–water partition coefficient (Wildman–Crippen LogP) is 2.23. The van der Waals surface area contributed by atoms with Crippen LogP contribution in [0.25, 0.3) is 11.2 Å². The molecule has 3 heterocycles. The molecule has 9 nitrogen and oxygen atoms in total. The lowest BCUT2D eigenvalue weighted by Crippen LogP contribution is -2.22. The first kappa shape index (κ1) is 17.0. The molecule has 3 rings (SSSR count). The summed E-state index contributed by atoms with van der Waals surface area (Å²) in [6.07, 6.45) is 3.11. The van der Waals surface area contributed by atoms with E-state index >= 15 is 0 Å². The SMILES string of the molecule is CC[C@H]([C@@H](C)O)n1ncc2ncc(Nc3cc(OC(F)F)[nH]n3)nc21. The number of rotatable bonds is 7. The molecule has 0 bridgehead atoms. The zero-order valence-corrected chi connectivity index (χ0v) is 13.5. The van der Waals surface area contributed by atoms with Crippen LogP contribution in [0, 0.1) is 0 Å². The van der Waals surface area contributed by atoms with Crippen molar-refractivity contribution in [2.75, 3.05) is 5.32 Å². The second-order valence-corrected chi connectivity index (χ2v) is 5.39. The van der Waals surface area contributed by atoms with Gasteiger partial charge in [0.2, 0.25) is 5.88 Å². The van der Waals surface area contributed by atoms with Crippen molar-refractivity contribution in [2.45, 2.75) is 39.0 Å². The van der Waals surface area contributed by atoms with Crippen LogP contribution in [-0.2, 0) is 0 Å². The number of fused-ring (bicyclic) bond motifs is 1. The largest absolute Gasteiger partial charge is 0.417 e. The van der Waals surface area contributed by atoms with E-state index in [9.17, 15) is 13.9 Å². The Labute approximate surface area is 141 Å². The van der Waals surface area contributed by atoms with Gasteiger partial charge in [-0.3, -0.25) is 0 Å². The van der Waals surface area contributed by atoms with E-state index in [0.29, 0.717) is 23.4 Å². The van der Waals surface area contributed by atoms with Crippen molar-refractivity contribution in [1.82, 2.24) is 29.9 Å². The lowest BCUT2D eigenvalue weighted by molar-refractivity contribution is -0.0528. The van der Waals surface area contributed by atoms with Gasteiger partial charge in [-0.1, -0.05) is 6.92 Å². The molecular formula is C14H17F2N7O2. The van der Waals surface area contributed by atoms with Crippen LogP contribution >= 0.6 is 0 Å². The number of anilines is 2. The second-order valence-electron chi connectivity index (χ2n) is 5.39. The third-order valence-electron chi connectivity index (χ3n) is 3.62. The average Bonchev–Trinajstić information content (AvgIpc) is 3.15. The van der Waals surface area contributed by atoms with Crippen LogP contribution in [0.5, 0.6) is 5.88 Å². The van der Waals surface area contributed by atoms with Crippen molar-refractivity contribution in [3.8, 4) is 5.88 Å². The molecule has 11 heteroatoms. The smallest absolute Gasteiger partial charge is 0.388 e. The Morgan fingerprint density at radius 3 is 2.84 bits per heavy atom. The first-order valence-electron chi connectivity index (χ1n) is 7.63. The molecule has 0 fully saturated rings. The van der Waals surface area contributed by atoms with E-state index in [4.69, 9.17) is 0 Å². The van der Waals surface area contributed by atoms with Gasteiger partial charge in [0.25, 0.3) is 0 Å². The van der Waals surface area contributed by atoms with E-state index in [2.05, 4.69) is 35.3 Å². The Morgan fingerprint density at radius 2 is 2.16 bits per heavy atom. The number of ether oxygens (including phenoxy) is 1. The minimum Gasteiger partial charge on any atom is -0.417 e. The van der Waals surface area contributed by atoms with Crippen LogP contribution in [0.1, 0.15) is 26.3 Å². The summed E-state index contributed by atoms with van der Waals surface area (Å²) in [5, 5.41) is 23.1. The number of nitrogens with one attached hydrogen (secondary N) is 2. The summed E-state index contributed by atoms with van der Waals surface area (Å²) < 4.78 is 30.2. The standard InChI is InChI=1S/C14H17F2N7O2/c1-3-9(7(2)24)23-13-8(5-18-23)17-6-11(20-13)19-10-4-12(22-21-10)25-14(15)16/h4-7,9,14,24H,3H2,1-2H3,(H2,19,20,21,22)/t7-,9-/m1/s1. The van der Waals surface area contributed by atoms with E-state index < -0.39 is 12.7 Å². The monoisotopic (exact) mass is 353 g/mol. The van der Waals surface area contributed by atoms with Gasteiger partial charge in [0.05, 0.1) is 24.5 Å². The number of nitrogens with zero attached hydrogens (tertiary/aromatic N) is 5. The second kappa shape index (κ2) is 6.97. The van der Waals surface area contributed by atoms with Gasteiger partial charge in [-0.25, -0.2) is 19.7 Å². The number of aromatic nitrogens is 6. The van der Waals surface area contributed by atoms with Gasteiger partial charge in [-0.2, -0.15) is 19.0 Å². The highest BCUT2D eigenvalue weighted by Crippen LogP contribution is 2.23. The highest BCUT2D eigenvalue weighted by Gasteiger charge is 2.19. The Hall–Kier alpha value is -2.82. The maximum absolute atomic E-state index is 12.2. The summed E-state index contributed by atoms with van der Waals surface area (Å²) in [4.78, 5) is 8.67. The minimum absolute atomic E-state index is 0.170. The maximum atomic E-state index is 12.2. The molecule has 0 saturated carbocycles. The van der Waals surface area contributed by atoms with Crippen molar-refractivity contribution in [1.29, 1.82) is 0 Å². The molecule has 25 heavy (non-hydrogen) atoms. The fourth-order valence-corrected chi connectivity index (χ4v) is 2.50. The van der Waals surface area contributed by atoms with Crippen LogP contribution in [-0.4, -0.2) is 47.8 Å². The molecule has 0 aliphatic heterocycles. The molecule has 0 saturated heterocycles.